The van der Waals surface area contributed by atoms with Gasteiger partial charge in [0.25, 0.3) is 0 Å². The van der Waals surface area contributed by atoms with Crippen LogP contribution in [0.15, 0.2) is 24.3 Å². The summed E-state index contributed by atoms with van der Waals surface area (Å²) in [7, 11) is 1.90. The molecule has 34 heavy (non-hydrogen) atoms. The number of anilines is 1. The summed E-state index contributed by atoms with van der Waals surface area (Å²) in [5.41, 5.74) is 1.48. The number of nitrogens with one attached hydrogen (secondary N) is 1. The molecular weight excluding hydrogens is 451 g/mol. The number of hydrogen-bond donors (Lipinski definition) is 1. The lowest BCUT2D eigenvalue weighted by Gasteiger charge is -2.39. The average Bonchev–Trinajstić information content (AvgIpc) is 2.79. The molecule has 1 aliphatic heterocycles. The van der Waals surface area contributed by atoms with Crippen molar-refractivity contribution in [1.82, 2.24) is 14.0 Å². The third-order valence-corrected chi connectivity index (χ3v) is 6.31. The normalized spacial score (nSPS) is 16.7. The van der Waals surface area contributed by atoms with Crippen LogP contribution in [0.5, 0.6) is 0 Å². The Morgan fingerprint density at radius 2 is 1.79 bits per heavy atom. The molecule has 9 heteroatoms. The number of likely N-dealkylation sites (N-methyl/N-ethyl adjacent to an activating group) is 1. The number of nitrogens with zero attached hydrogens (tertiary/aromatic N) is 5. The second-order valence-electron chi connectivity index (χ2n) is 9.75. The number of ether oxygens (including phenoxy) is 1. The first kappa shape index (κ1) is 26.1. The Labute approximate surface area is 206 Å². The van der Waals surface area contributed by atoms with Gasteiger partial charge in [0.05, 0.1) is 6.61 Å². The van der Waals surface area contributed by atoms with Crippen LogP contribution < -0.4 is 10.4 Å². The molecule has 0 saturated carbocycles. The highest BCUT2D eigenvalue weighted by Gasteiger charge is 2.29. The van der Waals surface area contributed by atoms with Gasteiger partial charge in [0.2, 0.25) is 0 Å². The minimum atomic E-state index is -0.311. The van der Waals surface area contributed by atoms with E-state index in [1.165, 1.54) is 12.1 Å². The van der Waals surface area contributed by atoms with E-state index in [1.54, 1.807) is 16.7 Å². The summed E-state index contributed by atoms with van der Waals surface area (Å²) < 4.78 is 23.7. The maximum absolute atomic E-state index is 13.3. The smallest absolute Gasteiger partial charge is 0.183 e. The first-order valence-electron chi connectivity index (χ1n) is 11.8. The molecule has 1 atom stereocenters. The zero-order chi connectivity index (χ0) is 25.0. The minimum Gasteiger partial charge on any atom is -0.356 e. The SMILES string of the molecule is CC(C)Cn1c(N(C)C2CN(Cc3ccc(F)cc3)CCO2)c(C#N)c(=N)n(CC(C)C)c1=S. The van der Waals surface area contributed by atoms with Crippen molar-refractivity contribution in [2.75, 3.05) is 31.6 Å². The maximum Gasteiger partial charge on any atom is 0.183 e. The van der Waals surface area contributed by atoms with Gasteiger partial charge in [0, 0.05) is 39.8 Å². The second-order valence-corrected chi connectivity index (χ2v) is 10.1. The van der Waals surface area contributed by atoms with E-state index < -0.39 is 0 Å². The van der Waals surface area contributed by atoms with Gasteiger partial charge in [-0.25, -0.2) is 4.39 Å². The minimum absolute atomic E-state index is 0.141. The van der Waals surface area contributed by atoms with Crippen molar-refractivity contribution in [3.63, 3.8) is 0 Å². The molecule has 0 radical (unpaired) electrons. The van der Waals surface area contributed by atoms with Crippen molar-refractivity contribution >= 4 is 18.0 Å². The number of halogens is 1. The zero-order valence-corrected chi connectivity index (χ0v) is 21.5. The third kappa shape index (κ3) is 5.93. The van der Waals surface area contributed by atoms with E-state index in [0.717, 1.165) is 12.1 Å². The monoisotopic (exact) mass is 486 g/mol. The number of hydrogen-bond acceptors (Lipinski definition) is 6. The molecule has 0 aliphatic carbocycles. The van der Waals surface area contributed by atoms with Gasteiger partial charge in [-0.15, -0.1) is 0 Å². The first-order valence-corrected chi connectivity index (χ1v) is 12.2. The Kier molecular flexibility index (Phi) is 8.63. The molecule has 3 rings (SSSR count). The molecule has 1 aliphatic rings. The third-order valence-electron chi connectivity index (χ3n) is 5.87. The lowest BCUT2D eigenvalue weighted by Crippen LogP contribution is -2.51. The van der Waals surface area contributed by atoms with Crippen LogP contribution >= 0.6 is 12.2 Å². The van der Waals surface area contributed by atoms with E-state index in [0.29, 0.717) is 60.8 Å². The molecular formula is C25H35FN6OS. The van der Waals surface area contributed by atoms with Crippen LogP contribution in [-0.2, 0) is 24.4 Å². The summed E-state index contributed by atoms with van der Waals surface area (Å²) in [4.78, 5) is 4.21. The first-order chi connectivity index (χ1) is 16.1. The fraction of sp³-hybridized carbons (Fsp3) is 0.560. The van der Waals surface area contributed by atoms with Crippen molar-refractivity contribution in [3.8, 4) is 6.07 Å². The van der Waals surface area contributed by atoms with Crippen molar-refractivity contribution in [1.29, 1.82) is 10.7 Å². The van der Waals surface area contributed by atoms with Crippen molar-refractivity contribution < 1.29 is 9.13 Å². The van der Waals surface area contributed by atoms with Gasteiger partial charge in [-0.2, -0.15) is 5.26 Å². The van der Waals surface area contributed by atoms with Gasteiger partial charge in [-0.3, -0.25) is 10.3 Å². The van der Waals surface area contributed by atoms with Gasteiger partial charge >= 0.3 is 0 Å². The van der Waals surface area contributed by atoms with E-state index in [2.05, 4.69) is 38.7 Å². The topological polar surface area (TPSA) is 73.2 Å². The number of rotatable bonds is 8. The summed E-state index contributed by atoms with van der Waals surface area (Å²) >= 11 is 5.84. The molecule has 1 fully saturated rings. The fourth-order valence-electron chi connectivity index (χ4n) is 4.29. The van der Waals surface area contributed by atoms with E-state index >= 15 is 0 Å². The van der Waals surface area contributed by atoms with E-state index in [-0.39, 0.29) is 17.5 Å². The standard InChI is InChI=1S/C25H35FN6OS/c1-17(2)13-31-23(28)21(12-27)24(32(25(31)34)14-18(3)4)29(5)22-16-30(10-11-33-22)15-19-6-8-20(26)9-7-19/h6-9,17-18,22,28H,10-11,13-16H2,1-5H3. The molecule has 1 N–H and O–H groups in total. The van der Waals surface area contributed by atoms with Crippen LogP contribution in [0.3, 0.4) is 0 Å². The van der Waals surface area contributed by atoms with Crippen LogP contribution in [0.2, 0.25) is 0 Å². The van der Waals surface area contributed by atoms with E-state index in [4.69, 9.17) is 22.4 Å². The average molecular weight is 487 g/mol. The quantitative estimate of drug-likeness (QED) is 0.569. The summed E-state index contributed by atoms with van der Waals surface area (Å²) in [6.45, 7) is 12.2. The zero-order valence-electron chi connectivity index (χ0n) is 20.7. The molecule has 184 valence electrons. The Morgan fingerprint density at radius 3 is 2.38 bits per heavy atom. The highest BCUT2D eigenvalue weighted by molar-refractivity contribution is 7.71. The molecule has 1 saturated heterocycles. The lowest BCUT2D eigenvalue weighted by atomic mass is 10.2. The van der Waals surface area contributed by atoms with Gasteiger partial charge in [0.15, 0.2) is 4.77 Å². The summed E-state index contributed by atoms with van der Waals surface area (Å²) in [5.74, 6) is 0.975. The van der Waals surface area contributed by atoms with Gasteiger partial charge < -0.3 is 18.8 Å². The Morgan fingerprint density at radius 1 is 1.18 bits per heavy atom. The highest BCUT2D eigenvalue weighted by Crippen LogP contribution is 2.24. The van der Waals surface area contributed by atoms with Crippen LogP contribution in [0.4, 0.5) is 10.2 Å². The molecule has 1 aromatic heterocycles. The van der Waals surface area contributed by atoms with Crippen LogP contribution in [0.25, 0.3) is 0 Å². The number of nitriles is 1. The van der Waals surface area contributed by atoms with Crippen molar-refractivity contribution in [3.05, 3.63) is 51.5 Å². The van der Waals surface area contributed by atoms with Crippen LogP contribution in [-0.4, -0.2) is 47.0 Å². The fourth-order valence-corrected chi connectivity index (χ4v) is 4.61. The Hall–Kier alpha value is -2.54. The molecule has 1 unspecified atom stereocenters. The Balaban J connectivity index is 1.98. The molecule has 0 spiro atoms. The van der Waals surface area contributed by atoms with Crippen LogP contribution in [0, 0.1) is 39.2 Å². The van der Waals surface area contributed by atoms with Crippen molar-refractivity contribution in [2.24, 2.45) is 11.8 Å². The molecule has 1 aromatic carbocycles. The predicted octanol–water partition coefficient (Wildman–Crippen LogP) is 4.12. The molecule has 7 nitrogen and oxygen atoms in total. The van der Waals surface area contributed by atoms with Gasteiger partial charge in [-0.1, -0.05) is 39.8 Å². The number of aromatic nitrogens is 2. The van der Waals surface area contributed by atoms with Gasteiger partial charge in [-0.05, 0) is 41.7 Å². The van der Waals surface area contributed by atoms with E-state index in [9.17, 15) is 9.65 Å². The predicted molar refractivity (Wildman–Crippen MR) is 133 cm³/mol. The Bertz CT molecular complexity index is 1150. The number of morpholine rings is 1. The maximum atomic E-state index is 13.3. The summed E-state index contributed by atoms with van der Waals surface area (Å²) in [5, 5.41) is 18.8. The summed E-state index contributed by atoms with van der Waals surface area (Å²) in [6.07, 6.45) is -0.311. The van der Waals surface area contributed by atoms with Gasteiger partial charge in [0.1, 0.15) is 35.0 Å². The van der Waals surface area contributed by atoms with E-state index in [1.807, 2.05) is 16.5 Å². The van der Waals surface area contributed by atoms with Crippen molar-refractivity contribution in [2.45, 2.75) is 53.6 Å². The highest BCUT2D eigenvalue weighted by atomic mass is 32.1. The largest absolute Gasteiger partial charge is 0.356 e. The molecule has 2 aromatic rings. The second kappa shape index (κ2) is 11.3. The number of benzene rings is 1. The lowest BCUT2D eigenvalue weighted by molar-refractivity contribution is -0.0305. The molecule has 2 heterocycles. The molecule has 0 bridgehead atoms. The summed E-state index contributed by atoms with van der Waals surface area (Å²) in [6, 6.07) is 8.83. The van der Waals surface area contributed by atoms with Crippen LogP contribution in [0.1, 0.15) is 38.8 Å². The molecule has 0 amide bonds.